The van der Waals surface area contributed by atoms with E-state index in [1.807, 2.05) is 6.07 Å². The van der Waals surface area contributed by atoms with E-state index in [1.54, 1.807) is 7.11 Å². The lowest BCUT2D eigenvalue weighted by atomic mass is 10.0. The molecule has 1 N–H and O–H groups in total. The molecule has 17 heavy (non-hydrogen) atoms. The Bertz CT molecular complexity index is 449. The molecule has 1 unspecified atom stereocenters. The van der Waals surface area contributed by atoms with Crippen LogP contribution in [0.5, 0.6) is 11.5 Å². The second-order valence-corrected chi connectivity index (χ2v) is 5.32. The van der Waals surface area contributed by atoms with Crippen molar-refractivity contribution in [1.82, 2.24) is 0 Å². The van der Waals surface area contributed by atoms with Crippen LogP contribution >= 0.6 is 0 Å². The minimum Gasteiger partial charge on any atom is -0.493 e. The Morgan fingerprint density at radius 3 is 2.88 bits per heavy atom. The fraction of sp³-hybridized carbons (Fsp3) is 0.571. The summed E-state index contributed by atoms with van der Waals surface area (Å²) >= 11 is 0. The van der Waals surface area contributed by atoms with Gasteiger partial charge in [0.15, 0.2) is 11.5 Å². The predicted octanol–water partition coefficient (Wildman–Crippen LogP) is 2.09. The third kappa shape index (κ3) is 2.00. The Kier molecular flexibility index (Phi) is 2.33. The first-order chi connectivity index (χ1) is 8.09. The second kappa shape index (κ2) is 3.64. The Morgan fingerprint density at radius 2 is 2.24 bits per heavy atom. The van der Waals surface area contributed by atoms with Gasteiger partial charge in [0.05, 0.1) is 12.7 Å². The molecule has 0 bridgehead atoms. The van der Waals surface area contributed by atoms with Gasteiger partial charge >= 0.3 is 0 Å². The maximum Gasteiger partial charge on any atom is 0.164 e. The van der Waals surface area contributed by atoms with Crippen LogP contribution in [0.3, 0.4) is 0 Å². The topological polar surface area (TPSA) is 38.7 Å². The highest BCUT2D eigenvalue weighted by molar-refractivity contribution is 5.52. The van der Waals surface area contributed by atoms with Gasteiger partial charge in [0.1, 0.15) is 6.10 Å². The van der Waals surface area contributed by atoms with Crippen molar-refractivity contribution >= 4 is 0 Å². The van der Waals surface area contributed by atoms with E-state index in [9.17, 15) is 5.11 Å². The first-order valence-electron chi connectivity index (χ1n) is 6.18. The van der Waals surface area contributed by atoms with Crippen molar-refractivity contribution in [2.45, 2.75) is 44.3 Å². The molecule has 3 heteroatoms. The summed E-state index contributed by atoms with van der Waals surface area (Å²) in [6, 6.07) is 4.14. The maximum atomic E-state index is 9.97. The van der Waals surface area contributed by atoms with E-state index in [0.717, 1.165) is 42.7 Å². The summed E-state index contributed by atoms with van der Waals surface area (Å²) in [7, 11) is 1.66. The molecule has 3 nitrogen and oxygen atoms in total. The molecule has 1 aliphatic heterocycles. The lowest BCUT2D eigenvalue weighted by Crippen LogP contribution is -2.10. The highest BCUT2D eigenvalue weighted by Gasteiger charge is 2.40. The monoisotopic (exact) mass is 234 g/mol. The minimum atomic E-state index is -0.454. The van der Waals surface area contributed by atoms with Crippen LogP contribution in [0.15, 0.2) is 12.1 Å². The Morgan fingerprint density at radius 1 is 1.47 bits per heavy atom. The van der Waals surface area contributed by atoms with Gasteiger partial charge in [0.2, 0.25) is 0 Å². The minimum absolute atomic E-state index is 0.221. The van der Waals surface area contributed by atoms with Gasteiger partial charge in [-0.2, -0.15) is 0 Å². The number of fused-ring (bicyclic) bond motifs is 1. The summed E-state index contributed by atoms with van der Waals surface area (Å²) in [5.74, 6) is 1.68. The van der Waals surface area contributed by atoms with Crippen molar-refractivity contribution in [3.8, 4) is 11.5 Å². The van der Waals surface area contributed by atoms with Crippen LogP contribution in [0.1, 0.15) is 30.9 Å². The largest absolute Gasteiger partial charge is 0.493 e. The van der Waals surface area contributed by atoms with E-state index in [4.69, 9.17) is 9.47 Å². The van der Waals surface area contributed by atoms with Gasteiger partial charge in [0, 0.05) is 18.4 Å². The molecule has 0 saturated heterocycles. The molecule has 1 aliphatic carbocycles. The average Bonchev–Trinajstić information content (AvgIpc) is 2.86. The maximum absolute atomic E-state index is 9.97. The number of ether oxygens (including phenoxy) is 2. The average molecular weight is 234 g/mol. The molecule has 0 amide bonds. The SMILES string of the molecule is COc1cc(CC2(O)CC2)cc2c1OC(C)C2. The molecule has 0 radical (unpaired) electrons. The van der Waals surface area contributed by atoms with Gasteiger partial charge in [0.25, 0.3) is 0 Å². The van der Waals surface area contributed by atoms with E-state index in [1.165, 1.54) is 5.56 Å². The van der Waals surface area contributed by atoms with Gasteiger partial charge < -0.3 is 14.6 Å². The van der Waals surface area contributed by atoms with Crippen LogP contribution in [0.2, 0.25) is 0 Å². The number of benzene rings is 1. The van der Waals surface area contributed by atoms with Gasteiger partial charge in [-0.05, 0) is 31.4 Å². The lowest BCUT2D eigenvalue weighted by molar-refractivity contribution is 0.151. The first kappa shape index (κ1) is 10.9. The van der Waals surface area contributed by atoms with Gasteiger partial charge in [-0.3, -0.25) is 0 Å². The van der Waals surface area contributed by atoms with Crippen LogP contribution in [0, 0.1) is 0 Å². The standard InChI is InChI=1S/C14H18O3/c1-9-5-11-6-10(8-14(15)3-4-14)7-12(16-2)13(11)17-9/h6-7,9,15H,3-5,8H2,1-2H3. The van der Waals surface area contributed by atoms with E-state index in [-0.39, 0.29) is 6.10 Å². The molecule has 1 saturated carbocycles. The van der Waals surface area contributed by atoms with E-state index in [2.05, 4.69) is 13.0 Å². The summed E-state index contributed by atoms with van der Waals surface area (Å²) < 4.78 is 11.1. The fourth-order valence-electron chi connectivity index (χ4n) is 2.52. The molecule has 0 spiro atoms. The molecule has 1 fully saturated rings. The Labute approximate surface area is 101 Å². The van der Waals surface area contributed by atoms with Crippen molar-refractivity contribution < 1.29 is 14.6 Å². The summed E-state index contributed by atoms with van der Waals surface area (Å²) in [6.07, 6.45) is 3.71. The molecule has 0 aromatic heterocycles. The van der Waals surface area contributed by atoms with Crippen LogP contribution in [-0.2, 0) is 12.8 Å². The zero-order valence-corrected chi connectivity index (χ0v) is 10.3. The number of hydrogen-bond acceptors (Lipinski definition) is 3. The Balaban J connectivity index is 1.94. The smallest absolute Gasteiger partial charge is 0.164 e. The predicted molar refractivity (Wildman–Crippen MR) is 64.7 cm³/mol. The summed E-state index contributed by atoms with van der Waals surface area (Å²) in [5, 5.41) is 9.97. The second-order valence-electron chi connectivity index (χ2n) is 5.32. The van der Waals surface area contributed by atoms with Crippen LogP contribution in [0.4, 0.5) is 0 Å². The van der Waals surface area contributed by atoms with Crippen LogP contribution in [-0.4, -0.2) is 23.9 Å². The number of methoxy groups -OCH3 is 1. The highest BCUT2D eigenvalue weighted by Crippen LogP contribution is 2.43. The summed E-state index contributed by atoms with van der Waals surface area (Å²) in [5.41, 5.74) is 1.90. The summed E-state index contributed by atoms with van der Waals surface area (Å²) in [6.45, 7) is 2.06. The first-order valence-corrected chi connectivity index (χ1v) is 6.18. The van der Waals surface area contributed by atoms with E-state index < -0.39 is 5.60 Å². The third-order valence-electron chi connectivity index (χ3n) is 3.60. The number of rotatable bonds is 3. The lowest BCUT2D eigenvalue weighted by Gasteiger charge is -2.12. The molecule has 1 aromatic carbocycles. The molecule has 2 aliphatic rings. The number of hydrogen-bond donors (Lipinski definition) is 1. The van der Waals surface area contributed by atoms with E-state index in [0.29, 0.717) is 0 Å². The Hall–Kier alpha value is -1.22. The molecule has 1 atom stereocenters. The zero-order valence-electron chi connectivity index (χ0n) is 10.3. The van der Waals surface area contributed by atoms with Gasteiger partial charge in [-0.25, -0.2) is 0 Å². The van der Waals surface area contributed by atoms with Crippen molar-refractivity contribution in [2.75, 3.05) is 7.11 Å². The fourth-order valence-corrected chi connectivity index (χ4v) is 2.52. The van der Waals surface area contributed by atoms with E-state index >= 15 is 0 Å². The quantitative estimate of drug-likeness (QED) is 0.870. The van der Waals surface area contributed by atoms with Crippen molar-refractivity contribution in [3.63, 3.8) is 0 Å². The van der Waals surface area contributed by atoms with Crippen LogP contribution < -0.4 is 9.47 Å². The third-order valence-corrected chi connectivity index (χ3v) is 3.60. The number of aliphatic hydroxyl groups is 1. The molecular weight excluding hydrogens is 216 g/mol. The molecule has 1 heterocycles. The van der Waals surface area contributed by atoms with Crippen molar-refractivity contribution in [2.24, 2.45) is 0 Å². The normalized spacial score (nSPS) is 24.1. The van der Waals surface area contributed by atoms with Crippen molar-refractivity contribution in [1.29, 1.82) is 0 Å². The molecular formula is C14H18O3. The van der Waals surface area contributed by atoms with Gasteiger partial charge in [-0.1, -0.05) is 6.07 Å². The van der Waals surface area contributed by atoms with Gasteiger partial charge in [-0.15, -0.1) is 0 Å². The highest BCUT2D eigenvalue weighted by atomic mass is 16.5. The molecule has 3 rings (SSSR count). The van der Waals surface area contributed by atoms with Crippen LogP contribution in [0.25, 0.3) is 0 Å². The zero-order chi connectivity index (χ0) is 12.0. The van der Waals surface area contributed by atoms with Crippen molar-refractivity contribution in [3.05, 3.63) is 23.3 Å². The molecule has 92 valence electrons. The molecule has 1 aromatic rings. The summed E-state index contributed by atoms with van der Waals surface area (Å²) in [4.78, 5) is 0.